The van der Waals surface area contributed by atoms with Crippen molar-refractivity contribution < 1.29 is 42.8 Å². The molecule has 9 nitrogen and oxygen atoms in total. The van der Waals surface area contributed by atoms with Crippen LogP contribution in [0.25, 0.3) is 11.1 Å². The van der Waals surface area contributed by atoms with Gasteiger partial charge in [-0.3, -0.25) is 0 Å². The van der Waals surface area contributed by atoms with Crippen molar-refractivity contribution in [3.05, 3.63) is 151 Å². The molecule has 5 rings (SSSR count). The Labute approximate surface area is 328 Å². The van der Waals surface area contributed by atoms with Crippen molar-refractivity contribution in [1.29, 1.82) is 0 Å². The van der Waals surface area contributed by atoms with Crippen LogP contribution in [0.15, 0.2) is 134 Å². The summed E-state index contributed by atoms with van der Waals surface area (Å²) in [5.41, 5.74) is 4.32. The van der Waals surface area contributed by atoms with Crippen LogP contribution in [0.5, 0.6) is 28.7 Å². The van der Waals surface area contributed by atoms with Crippen LogP contribution in [0.1, 0.15) is 65.8 Å². The molecule has 0 aromatic heterocycles. The minimum absolute atomic E-state index is 0.286. The summed E-state index contributed by atoms with van der Waals surface area (Å²) >= 11 is 0. The molecule has 0 heterocycles. The average Bonchev–Trinajstić information content (AvgIpc) is 3.24. The lowest BCUT2D eigenvalue weighted by Crippen LogP contribution is -2.11. The fraction of sp³-hybridized carbons (Fsp3) is 0.255. The van der Waals surface area contributed by atoms with Crippen LogP contribution in [0.2, 0.25) is 0 Å². The van der Waals surface area contributed by atoms with Crippen LogP contribution in [0.3, 0.4) is 0 Å². The third kappa shape index (κ3) is 13.2. The second-order valence-corrected chi connectivity index (χ2v) is 13.2. The molecule has 1 atom stereocenters. The number of aryl methyl sites for hydroxylation is 1. The third-order valence-electron chi connectivity index (χ3n) is 8.84. The number of unbranched alkanes of at least 4 members (excludes halogenated alkanes) is 1. The lowest BCUT2D eigenvalue weighted by molar-refractivity contribution is -0.137. The summed E-state index contributed by atoms with van der Waals surface area (Å²) in [7, 11) is 0. The molecular formula is C47H48O9. The first-order valence-electron chi connectivity index (χ1n) is 18.9. The molecule has 0 saturated carbocycles. The maximum atomic E-state index is 12.7. The highest BCUT2D eigenvalue weighted by Gasteiger charge is 2.12. The van der Waals surface area contributed by atoms with Crippen LogP contribution in [0, 0.1) is 5.92 Å². The SMILES string of the molecule is C=CC(=O)OCCCCOc1ccc(OC(=O)c2ccc(OCCCC(C)COc3ccc(C(=O)Oc4ccc(-c5ccc(CC)cc5)cc4)cc3)cc2)cc1. The highest BCUT2D eigenvalue weighted by atomic mass is 16.5. The van der Waals surface area contributed by atoms with E-state index >= 15 is 0 Å². The predicted octanol–water partition coefficient (Wildman–Crippen LogP) is 10.1. The minimum atomic E-state index is -0.474. The Bertz CT molecular complexity index is 1980. The molecule has 0 radical (unpaired) electrons. The topological polar surface area (TPSA) is 107 Å². The van der Waals surface area contributed by atoms with Crippen LogP contribution >= 0.6 is 0 Å². The Morgan fingerprint density at radius 1 is 0.554 bits per heavy atom. The first-order valence-corrected chi connectivity index (χ1v) is 18.9. The number of hydrogen-bond donors (Lipinski definition) is 0. The van der Waals surface area contributed by atoms with Crippen molar-refractivity contribution in [2.75, 3.05) is 26.4 Å². The lowest BCUT2D eigenvalue weighted by Gasteiger charge is -2.14. The second kappa shape index (κ2) is 21.5. The van der Waals surface area contributed by atoms with E-state index in [1.54, 1.807) is 84.9 Å². The molecule has 290 valence electrons. The standard InChI is InChI=1S/C47H48O9/c1-4-35-10-12-36(13-11-35)37-14-24-43(25-15-37)55-46(49)39-18-22-42(23-19-39)54-33-34(3)9-8-32-52-40-20-16-38(17-21-40)47(50)56-44-28-26-41(27-29-44)51-30-6-7-31-53-45(48)5-2/h5,10-29,34H,2,4,6-9,30-33H2,1,3H3. The van der Waals surface area contributed by atoms with Gasteiger partial charge >= 0.3 is 17.9 Å². The van der Waals surface area contributed by atoms with Gasteiger partial charge in [0, 0.05) is 6.08 Å². The molecule has 0 saturated heterocycles. The Morgan fingerprint density at radius 3 is 1.50 bits per heavy atom. The van der Waals surface area contributed by atoms with Gasteiger partial charge in [0.05, 0.1) is 37.6 Å². The number of benzene rings is 5. The van der Waals surface area contributed by atoms with E-state index in [1.165, 1.54) is 5.56 Å². The smallest absolute Gasteiger partial charge is 0.343 e. The molecule has 1 unspecified atom stereocenters. The fourth-order valence-electron chi connectivity index (χ4n) is 5.53. The molecule has 0 aliphatic heterocycles. The third-order valence-corrected chi connectivity index (χ3v) is 8.84. The molecule has 9 heteroatoms. The van der Waals surface area contributed by atoms with Crippen LogP contribution in [-0.2, 0) is 16.0 Å². The van der Waals surface area contributed by atoms with E-state index in [4.69, 9.17) is 28.4 Å². The zero-order chi connectivity index (χ0) is 39.5. The Morgan fingerprint density at radius 2 is 0.982 bits per heavy atom. The maximum absolute atomic E-state index is 12.7. The Kier molecular flexibility index (Phi) is 15.7. The van der Waals surface area contributed by atoms with E-state index in [9.17, 15) is 14.4 Å². The van der Waals surface area contributed by atoms with Crippen LogP contribution in [0.4, 0.5) is 0 Å². The zero-order valence-electron chi connectivity index (χ0n) is 31.9. The summed E-state index contributed by atoms with van der Waals surface area (Å²) in [6, 6.07) is 36.6. The maximum Gasteiger partial charge on any atom is 0.343 e. The van der Waals surface area contributed by atoms with Gasteiger partial charge in [0.2, 0.25) is 0 Å². The number of carbonyl (C=O) groups excluding carboxylic acids is 3. The van der Waals surface area contributed by atoms with E-state index in [2.05, 4.69) is 44.7 Å². The van der Waals surface area contributed by atoms with E-state index in [-0.39, 0.29) is 5.92 Å². The lowest BCUT2D eigenvalue weighted by atomic mass is 10.0. The number of ether oxygens (including phenoxy) is 6. The summed E-state index contributed by atoms with van der Waals surface area (Å²) < 4.78 is 33.6. The normalized spacial score (nSPS) is 11.2. The number of carbonyl (C=O) groups is 3. The minimum Gasteiger partial charge on any atom is -0.494 e. The second-order valence-electron chi connectivity index (χ2n) is 13.2. The monoisotopic (exact) mass is 756 g/mol. The van der Waals surface area contributed by atoms with Gasteiger partial charge in [0.15, 0.2) is 0 Å². The van der Waals surface area contributed by atoms with Gasteiger partial charge in [-0.25, -0.2) is 14.4 Å². The van der Waals surface area contributed by atoms with E-state index in [0.717, 1.165) is 42.9 Å². The predicted molar refractivity (Wildman–Crippen MR) is 216 cm³/mol. The Balaban J connectivity index is 0.942. The van der Waals surface area contributed by atoms with Gasteiger partial charge in [-0.2, -0.15) is 0 Å². The molecule has 0 N–H and O–H groups in total. The fourth-order valence-corrected chi connectivity index (χ4v) is 5.53. The summed E-state index contributed by atoms with van der Waals surface area (Å²) in [6.07, 6.45) is 5.27. The largest absolute Gasteiger partial charge is 0.494 e. The highest BCUT2D eigenvalue weighted by molar-refractivity contribution is 5.91. The van der Waals surface area contributed by atoms with Gasteiger partial charge < -0.3 is 28.4 Å². The van der Waals surface area contributed by atoms with Gasteiger partial charge in [-0.1, -0.05) is 56.8 Å². The van der Waals surface area contributed by atoms with Crippen LogP contribution < -0.4 is 23.7 Å². The van der Waals surface area contributed by atoms with Crippen molar-refractivity contribution in [1.82, 2.24) is 0 Å². The summed E-state index contributed by atoms with van der Waals surface area (Å²) in [5.74, 6) is 1.84. The van der Waals surface area contributed by atoms with Gasteiger partial charge in [0.1, 0.15) is 28.7 Å². The van der Waals surface area contributed by atoms with E-state index < -0.39 is 17.9 Å². The molecular weight excluding hydrogens is 709 g/mol. The summed E-state index contributed by atoms with van der Waals surface area (Å²) in [6.45, 7) is 9.45. The zero-order valence-corrected chi connectivity index (χ0v) is 31.9. The number of esters is 3. The molecule has 0 amide bonds. The quantitative estimate of drug-likeness (QED) is 0.0313. The van der Waals surface area contributed by atoms with Crippen molar-refractivity contribution >= 4 is 17.9 Å². The molecule has 5 aromatic rings. The molecule has 0 bridgehead atoms. The molecule has 0 spiro atoms. The number of hydrogen-bond acceptors (Lipinski definition) is 9. The first-order chi connectivity index (χ1) is 27.3. The molecule has 0 aliphatic carbocycles. The molecule has 0 aliphatic rings. The molecule has 56 heavy (non-hydrogen) atoms. The first kappa shape index (κ1) is 40.8. The van der Waals surface area contributed by atoms with E-state index in [0.29, 0.717) is 72.7 Å². The number of rotatable bonds is 21. The van der Waals surface area contributed by atoms with Crippen molar-refractivity contribution in [3.63, 3.8) is 0 Å². The van der Waals surface area contributed by atoms with Crippen molar-refractivity contribution in [2.24, 2.45) is 5.92 Å². The molecule has 5 aromatic carbocycles. The Hall–Kier alpha value is -6.35. The van der Waals surface area contributed by atoms with Crippen molar-refractivity contribution in [2.45, 2.75) is 46.0 Å². The summed E-state index contributed by atoms with van der Waals surface area (Å²) in [4.78, 5) is 36.4. The summed E-state index contributed by atoms with van der Waals surface area (Å²) in [5, 5.41) is 0. The van der Waals surface area contributed by atoms with Crippen molar-refractivity contribution in [3.8, 4) is 39.9 Å². The van der Waals surface area contributed by atoms with E-state index in [1.807, 2.05) is 12.1 Å². The van der Waals surface area contributed by atoms with Gasteiger partial charge in [-0.05, 0) is 140 Å². The molecule has 0 fully saturated rings. The van der Waals surface area contributed by atoms with Crippen LogP contribution in [-0.4, -0.2) is 44.3 Å². The van der Waals surface area contributed by atoms with Gasteiger partial charge in [0.25, 0.3) is 0 Å². The highest BCUT2D eigenvalue weighted by Crippen LogP contribution is 2.25. The average molecular weight is 757 g/mol. The van der Waals surface area contributed by atoms with Gasteiger partial charge in [-0.15, -0.1) is 0 Å².